The lowest BCUT2D eigenvalue weighted by Gasteiger charge is -2.18. The van der Waals surface area contributed by atoms with Gasteiger partial charge in [0.15, 0.2) is 6.61 Å². The van der Waals surface area contributed by atoms with Crippen LogP contribution in [0.1, 0.15) is 11.4 Å². The number of rotatable bonds is 4. The number of aryl methyl sites for hydroxylation is 2. The molecule has 0 fully saturated rings. The zero-order chi connectivity index (χ0) is 14.0. The van der Waals surface area contributed by atoms with Gasteiger partial charge in [0, 0.05) is 0 Å². The van der Waals surface area contributed by atoms with Crippen molar-refractivity contribution >= 4 is 12.4 Å². The Morgan fingerprint density at radius 2 is 2.05 bits per heavy atom. The molecular formula is C10H11BF3N4O-. The lowest BCUT2D eigenvalue weighted by atomic mass is 9.77. The summed E-state index contributed by atoms with van der Waals surface area (Å²) in [7, 11) is 1.61. The fraction of sp³-hybridized carbons (Fsp3) is 0.300. The molecule has 0 N–H and O–H groups in total. The molecule has 2 aromatic rings. The average Bonchev–Trinajstić information content (AvgIpc) is 2.71. The average molecular weight is 271 g/mol. The van der Waals surface area contributed by atoms with Crippen LogP contribution in [0.4, 0.5) is 12.9 Å². The first-order valence-electron chi connectivity index (χ1n) is 5.52. The van der Waals surface area contributed by atoms with Crippen LogP contribution in [0, 0.1) is 6.92 Å². The minimum Gasteiger partial charge on any atom is -0.485 e. The fourth-order valence-electron chi connectivity index (χ4n) is 1.63. The first-order valence-corrected chi connectivity index (χ1v) is 5.52. The van der Waals surface area contributed by atoms with Crippen LogP contribution in [0.3, 0.4) is 0 Å². The molecule has 0 spiro atoms. The topological polar surface area (TPSA) is 52.8 Å². The Morgan fingerprint density at radius 1 is 1.32 bits per heavy atom. The van der Waals surface area contributed by atoms with Crippen LogP contribution >= 0.6 is 0 Å². The molecule has 0 saturated carbocycles. The number of hydrogen-bond donors (Lipinski definition) is 0. The van der Waals surface area contributed by atoms with E-state index in [1.807, 2.05) is 0 Å². The van der Waals surface area contributed by atoms with Crippen LogP contribution in [0.15, 0.2) is 18.2 Å². The van der Waals surface area contributed by atoms with E-state index in [9.17, 15) is 12.9 Å². The Bertz CT molecular complexity index is 584. The van der Waals surface area contributed by atoms with Gasteiger partial charge in [0.2, 0.25) is 5.82 Å². The Morgan fingerprint density at radius 3 is 2.58 bits per heavy atom. The molecule has 5 nitrogen and oxygen atoms in total. The van der Waals surface area contributed by atoms with Crippen LogP contribution < -0.4 is 10.2 Å². The number of nitrogens with zero attached hydrogens (tertiary/aromatic N) is 4. The molecular weight excluding hydrogens is 260 g/mol. The van der Waals surface area contributed by atoms with E-state index in [-0.39, 0.29) is 12.2 Å². The first kappa shape index (κ1) is 13.4. The third kappa shape index (κ3) is 3.24. The maximum Gasteiger partial charge on any atom is 0.509 e. The van der Waals surface area contributed by atoms with E-state index in [4.69, 9.17) is 4.74 Å². The van der Waals surface area contributed by atoms with Crippen molar-refractivity contribution in [3.05, 3.63) is 29.6 Å². The highest BCUT2D eigenvalue weighted by Crippen LogP contribution is 2.17. The van der Waals surface area contributed by atoms with Crippen molar-refractivity contribution in [1.29, 1.82) is 0 Å². The van der Waals surface area contributed by atoms with E-state index in [2.05, 4.69) is 15.4 Å². The quantitative estimate of drug-likeness (QED) is 0.783. The molecule has 19 heavy (non-hydrogen) atoms. The number of aromatic nitrogens is 4. The van der Waals surface area contributed by atoms with Gasteiger partial charge in [-0.3, -0.25) is 0 Å². The molecule has 0 unspecified atom stereocenters. The van der Waals surface area contributed by atoms with Gasteiger partial charge < -0.3 is 17.7 Å². The molecule has 1 aromatic carbocycles. The van der Waals surface area contributed by atoms with E-state index < -0.39 is 12.4 Å². The number of ether oxygens (including phenoxy) is 1. The minimum atomic E-state index is -4.99. The molecule has 0 aliphatic rings. The standard InChI is InChI=1S/C10H11BF3N4O/c1-7-5-8(3-4-9(7)11(12,13)14)19-6-10-15-17-18(2)16-10/h3-5H,6H2,1-2H3/q-1. The predicted octanol–water partition coefficient (Wildman–Crippen LogP) is 1.15. The van der Waals surface area contributed by atoms with Crippen molar-refractivity contribution in [2.45, 2.75) is 13.5 Å². The second kappa shape index (κ2) is 4.91. The highest BCUT2D eigenvalue weighted by atomic mass is 19.4. The largest absolute Gasteiger partial charge is 0.509 e. The van der Waals surface area contributed by atoms with Crippen LogP contribution in [-0.2, 0) is 13.7 Å². The van der Waals surface area contributed by atoms with E-state index in [1.165, 1.54) is 23.9 Å². The van der Waals surface area contributed by atoms with Crippen molar-refractivity contribution in [2.75, 3.05) is 0 Å². The second-order valence-corrected chi connectivity index (χ2v) is 4.08. The smallest absolute Gasteiger partial charge is 0.485 e. The lowest BCUT2D eigenvalue weighted by Crippen LogP contribution is -2.35. The summed E-state index contributed by atoms with van der Waals surface area (Å²) in [5.41, 5.74) is -0.470. The molecule has 9 heteroatoms. The Labute approximate surface area is 107 Å². The number of benzene rings is 1. The summed E-state index contributed by atoms with van der Waals surface area (Å²) in [6, 6.07) is 3.66. The van der Waals surface area contributed by atoms with Gasteiger partial charge in [0.05, 0.1) is 7.05 Å². The van der Waals surface area contributed by atoms with Gasteiger partial charge in [0.1, 0.15) is 5.75 Å². The third-order valence-electron chi connectivity index (χ3n) is 2.51. The molecule has 0 saturated heterocycles. The number of hydrogen-bond acceptors (Lipinski definition) is 4. The van der Waals surface area contributed by atoms with Gasteiger partial charge in [-0.2, -0.15) is 4.80 Å². The summed E-state index contributed by atoms with van der Waals surface area (Å²) in [4.78, 5) is 1.28. The Hall–Kier alpha value is -2.06. The Kier molecular flexibility index (Phi) is 3.45. The summed E-state index contributed by atoms with van der Waals surface area (Å²) >= 11 is 0. The number of tetrazole rings is 1. The Balaban J connectivity index is 2.08. The van der Waals surface area contributed by atoms with Crippen molar-refractivity contribution in [2.24, 2.45) is 7.05 Å². The van der Waals surface area contributed by atoms with E-state index in [0.717, 1.165) is 6.07 Å². The highest BCUT2D eigenvalue weighted by molar-refractivity contribution is 6.74. The summed E-state index contributed by atoms with van der Waals surface area (Å²) in [6.45, 7) is -3.53. The lowest BCUT2D eigenvalue weighted by molar-refractivity contribution is 0.295. The molecule has 0 amide bonds. The van der Waals surface area contributed by atoms with E-state index in [1.54, 1.807) is 7.05 Å². The summed E-state index contributed by atoms with van der Waals surface area (Å²) in [5.74, 6) is 0.707. The van der Waals surface area contributed by atoms with Crippen LogP contribution in [0.25, 0.3) is 0 Å². The van der Waals surface area contributed by atoms with Crippen molar-refractivity contribution in [3.8, 4) is 5.75 Å². The molecule has 2 rings (SSSR count). The molecule has 102 valence electrons. The van der Waals surface area contributed by atoms with Gasteiger partial charge in [-0.05, 0) is 24.3 Å². The SMILES string of the molecule is Cc1cc(OCc2nnn(C)n2)ccc1[B-](F)(F)F. The van der Waals surface area contributed by atoms with Gasteiger partial charge in [-0.15, -0.1) is 15.7 Å². The highest BCUT2D eigenvalue weighted by Gasteiger charge is 2.27. The van der Waals surface area contributed by atoms with E-state index >= 15 is 0 Å². The molecule has 1 heterocycles. The van der Waals surface area contributed by atoms with Crippen molar-refractivity contribution < 1.29 is 17.7 Å². The second-order valence-electron chi connectivity index (χ2n) is 4.08. The molecule has 0 aliphatic heterocycles. The van der Waals surface area contributed by atoms with Crippen LogP contribution in [-0.4, -0.2) is 27.2 Å². The molecule has 0 radical (unpaired) electrons. The molecule has 0 atom stereocenters. The minimum absolute atomic E-state index is 0.0593. The van der Waals surface area contributed by atoms with Gasteiger partial charge in [-0.25, -0.2) is 0 Å². The molecule has 0 bridgehead atoms. The normalized spacial score (nSPS) is 11.6. The number of halogens is 3. The van der Waals surface area contributed by atoms with Crippen LogP contribution in [0.5, 0.6) is 5.75 Å². The van der Waals surface area contributed by atoms with Gasteiger partial charge in [0.25, 0.3) is 0 Å². The maximum absolute atomic E-state index is 12.6. The zero-order valence-corrected chi connectivity index (χ0v) is 10.3. The fourth-order valence-corrected chi connectivity index (χ4v) is 1.63. The maximum atomic E-state index is 12.6. The predicted molar refractivity (Wildman–Crippen MR) is 63.0 cm³/mol. The molecule has 1 aromatic heterocycles. The van der Waals surface area contributed by atoms with Gasteiger partial charge >= 0.3 is 6.98 Å². The van der Waals surface area contributed by atoms with Crippen molar-refractivity contribution in [1.82, 2.24) is 20.2 Å². The summed E-state index contributed by atoms with van der Waals surface area (Å²) in [6.07, 6.45) is 0. The van der Waals surface area contributed by atoms with Crippen molar-refractivity contribution in [3.63, 3.8) is 0 Å². The summed E-state index contributed by atoms with van der Waals surface area (Å²) < 4.78 is 43.2. The van der Waals surface area contributed by atoms with Crippen LogP contribution in [0.2, 0.25) is 0 Å². The monoisotopic (exact) mass is 271 g/mol. The molecule has 0 aliphatic carbocycles. The van der Waals surface area contributed by atoms with Gasteiger partial charge in [-0.1, -0.05) is 11.6 Å². The van der Waals surface area contributed by atoms with E-state index in [0.29, 0.717) is 11.6 Å². The third-order valence-corrected chi connectivity index (χ3v) is 2.51. The zero-order valence-electron chi connectivity index (χ0n) is 10.3. The first-order chi connectivity index (χ1) is 8.86. The summed E-state index contributed by atoms with van der Waals surface area (Å²) in [5, 5.41) is 11.2.